The highest BCUT2D eigenvalue weighted by atomic mass is 35.5. The number of hydrogen-bond donors (Lipinski definition) is 0. The number of carbonyl (C=O) groups excluding carboxylic acids is 1. The number of nitriles is 1. The third-order valence-electron chi connectivity index (χ3n) is 2.80. The van der Waals surface area contributed by atoms with E-state index in [1.54, 1.807) is 6.92 Å². The quantitative estimate of drug-likeness (QED) is 0.861. The van der Waals surface area contributed by atoms with Gasteiger partial charge in [-0.3, -0.25) is 4.79 Å². The molecule has 98 valence electrons. The fourth-order valence-electron chi connectivity index (χ4n) is 1.86. The molecule has 2 heterocycles. The van der Waals surface area contributed by atoms with Crippen LogP contribution in [-0.4, -0.2) is 16.6 Å². The Morgan fingerprint density at radius 1 is 1.53 bits per heavy atom. The van der Waals surface area contributed by atoms with Gasteiger partial charge in [-0.05, 0) is 19.4 Å². The van der Waals surface area contributed by atoms with Crippen LogP contribution in [0, 0.1) is 17.2 Å². The van der Waals surface area contributed by atoms with Crippen molar-refractivity contribution in [3.63, 3.8) is 0 Å². The topological polar surface area (TPSA) is 69.3 Å². The summed E-state index contributed by atoms with van der Waals surface area (Å²) in [4.78, 5) is 16.3. The third kappa shape index (κ3) is 2.70. The molecule has 0 saturated heterocycles. The van der Waals surface area contributed by atoms with E-state index in [0.717, 1.165) is 0 Å². The maximum absolute atomic E-state index is 12.2. The van der Waals surface area contributed by atoms with Crippen LogP contribution in [0.1, 0.15) is 19.8 Å². The van der Waals surface area contributed by atoms with E-state index < -0.39 is 0 Å². The molecule has 1 atom stereocenters. The zero-order valence-electron chi connectivity index (χ0n) is 10.1. The van der Waals surface area contributed by atoms with Crippen LogP contribution in [0.25, 0.3) is 0 Å². The fourth-order valence-corrected chi connectivity index (χ4v) is 2.32. The summed E-state index contributed by atoms with van der Waals surface area (Å²) >= 11 is 11.8. The number of aromatic nitrogens is 1. The van der Waals surface area contributed by atoms with Crippen LogP contribution >= 0.6 is 23.2 Å². The Labute approximate surface area is 120 Å². The Morgan fingerprint density at radius 3 is 2.89 bits per heavy atom. The summed E-state index contributed by atoms with van der Waals surface area (Å²) in [6.07, 6.45) is 2.16. The molecular formula is C12H10Cl2N4O. The molecule has 1 aliphatic rings. The van der Waals surface area contributed by atoms with Crippen LogP contribution in [0.5, 0.6) is 0 Å². The van der Waals surface area contributed by atoms with E-state index in [-0.39, 0.29) is 22.7 Å². The number of hydrogen-bond acceptors (Lipinski definition) is 4. The van der Waals surface area contributed by atoms with Crippen molar-refractivity contribution >= 4 is 40.6 Å². The Balaban J connectivity index is 2.28. The lowest BCUT2D eigenvalue weighted by atomic mass is 9.99. The predicted molar refractivity (Wildman–Crippen MR) is 73.2 cm³/mol. The molecule has 7 heteroatoms. The molecule has 1 aromatic rings. The van der Waals surface area contributed by atoms with Gasteiger partial charge in [0.25, 0.3) is 5.91 Å². The second-order valence-corrected chi connectivity index (χ2v) is 4.94. The number of halogens is 2. The molecule has 5 nitrogen and oxygen atoms in total. The molecule has 0 aromatic carbocycles. The van der Waals surface area contributed by atoms with E-state index in [9.17, 15) is 4.79 Å². The van der Waals surface area contributed by atoms with Gasteiger partial charge in [0.05, 0.1) is 22.0 Å². The number of hydrazone groups is 1. The number of carbonyl (C=O) groups is 1. The van der Waals surface area contributed by atoms with Crippen LogP contribution < -0.4 is 5.01 Å². The number of pyridine rings is 1. The summed E-state index contributed by atoms with van der Waals surface area (Å²) in [6.45, 7) is 1.75. The Bertz CT molecular complexity index is 594. The first-order chi connectivity index (χ1) is 9.04. The minimum Gasteiger partial charge on any atom is -0.272 e. The largest absolute Gasteiger partial charge is 0.272 e. The Kier molecular flexibility index (Phi) is 4.03. The molecule has 19 heavy (non-hydrogen) atoms. The lowest BCUT2D eigenvalue weighted by Gasteiger charge is -2.14. The molecular weight excluding hydrogens is 287 g/mol. The van der Waals surface area contributed by atoms with E-state index in [1.807, 2.05) is 6.07 Å². The molecule has 2 rings (SSSR count). The van der Waals surface area contributed by atoms with E-state index in [4.69, 9.17) is 28.5 Å². The first kappa shape index (κ1) is 13.8. The molecule has 0 N–H and O–H groups in total. The minimum absolute atomic E-state index is 0.218. The first-order valence-electron chi connectivity index (χ1n) is 5.61. The smallest absolute Gasteiger partial charge is 0.257 e. The van der Waals surface area contributed by atoms with Gasteiger partial charge in [0.1, 0.15) is 0 Å². The predicted octanol–water partition coefficient (Wildman–Crippen LogP) is 3.03. The molecule has 0 radical (unpaired) electrons. The number of rotatable bonds is 3. The zero-order valence-corrected chi connectivity index (χ0v) is 11.6. The molecule has 1 amide bonds. The average molecular weight is 297 g/mol. The molecule has 0 aliphatic carbocycles. The maximum Gasteiger partial charge on any atom is 0.257 e. The van der Waals surface area contributed by atoms with Gasteiger partial charge < -0.3 is 0 Å². The normalized spacial score (nSPS) is 18.4. The van der Waals surface area contributed by atoms with Crippen molar-refractivity contribution in [3.05, 3.63) is 22.3 Å². The van der Waals surface area contributed by atoms with Crippen LogP contribution in [0.4, 0.5) is 5.82 Å². The molecule has 1 unspecified atom stereocenters. The van der Waals surface area contributed by atoms with Gasteiger partial charge in [-0.25, -0.2) is 4.98 Å². The van der Waals surface area contributed by atoms with Gasteiger partial charge in [0.15, 0.2) is 5.82 Å². The van der Waals surface area contributed by atoms with Crippen molar-refractivity contribution in [2.75, 3.05) is 5.01 Å². The van der Waals surface area contributed by atoms with Gasteiger partial charge in [0, 0.05) is 18.3 Å². The molecule has 0 spiro atoms. The van der Waals surface area contributed by atoms with E-state index in [1.165, 1.54) is 17.3 Å². The second-order valence-electron chi connectivity index (χ2n) is 4.10. The van der Waals surface area contributed by atoms with Crippen LogP contribution in [0.15, 0.2) is 17.4 Å². The minimum atomic E-state index is -0.381. The fraction of sp³-hybridized carbons (Fsp3) is 0.333. The monoisotopic (exact) mass is 296 g/mol. The number of nitrogens with zero attached hydrogens (tertiary/aromatic N) is 4. The summed E-state index contributed by atoms with van der Waals surface area (Å²) in [7, 11) is 0. The van der Waals surface area contributed by atoms with Crippen molar-refractivity contribution in [2.45, 2.75) is 19.8 Å². The summed E-state index contributed by atoms with van der Waals surface area (Å²) in [6, 6.07) is 3.53. The maximum atomic E-state index is 12.2. The Morgan fingerprint density at radius 2 is 2.26 bits per heavy atom. The number of anilines is 1. The van der Waals surface area contributed by atoms with Crippen molar-refractivity contribution in [3.8, 4) is 6.07 Å². The lowest BCUT2D eigenvalue weighted by molar-refractivity contribution is -0.119. The first-order valence-corrected chi connectivity index (χ1v) is 6.37. The molecule has 0 saturated carbocycles. The SMILES string of the molecule is CC1=NN(c2ncc(Cl)cc2Cl)C(=O)C1CCC#N. The standard InChI is InChI=1S/C12H10Cl2N4O/c1-7-9(3-2-4-15)12(19)18(17-7)11-10(14)5-8(13)6-16-11/h5-6,9H,2-3H2,1H3. The van der Waals surface area contributed by atoms with Gasteiger partial charge in [0.2, 0.25) is 0 Å². The average Bonchev–Trinajstić information content (AvgIpc) is 2.63. The van der Waals surface area contributed by atoms with E-state index in [2.05, 4.69) is 10.1 Å². The Hall–Kier alpha value is -1.64. The van der Waals surface area contributed by atoms with Crippen LogP contribution in [-0.2, 0) is 4.79 Å². The van der Waals surface area contributed by atoms with Crippen molar-refractivity contribution in [2.24, 2.45) is 11.0 Å². The van der Waals surface area contributed by atoms with Gasteiger partial charge in [-0.2, -0.15) is 15.4 Å². The molecule has 0 fully saturated rings. The third-order valence-corrected chi connectivity index (χ3v) is 3.29. The second kappa shape index (κ2) is 5.55. The number of amides is 1. The van der Waals surface area contributed by atoms with E-state index >= 15 is 0 Å². The van der Waals surface area contributed by atoms with Crippen molar-refractivity contribution in [1.82, 2.24) is 4.98 Å². The summed E-state index contributed by atoms with van der Waals surface area (Å²) in [5, 5.41) is 14.6. The van der Waals surface area contributed by atoms with Crippen LogP contribution in [0.3, 0.4) is 0 Å². The van der Waals surface area contributed by atoms with Crippen molar-refractivity contribution < 1.29 is 4.79 Å². The lowest BCUT2D eigenvalue weighted by Crippen LogP contribution is -2.27. The van der Waals surface area contributed by atoms with Crippen molar-refractivity contribution in [1.29, 1.82) is 5.26 Å². The highest BCUT2D eigenvalue weighted by Gasteiger charge is 2.35. The van der Waals surface area contributed by atoms with Gasteiger partial charge >= 0.3 is 0 Å². The summed E-state index contributed by atoms with van der Waals surface area (Å²) < 4.78 is 0. The zero-order chi connectivity index (χ0) is 14.0. The van der Waals surface area contributed by atoms with Gasteiger partial charge in [-0.1, -0.05) is 23.2 Å². The molecule has 1 aromatic heterocycles. The van der Waals surface area contributed by atoms with Gasteiger partial charge in [-0.15, -0.1) is 0 Å². The van der Waals surface area contributed by atoms with E-state index in [0.29, 0.717) is 23.6 Å². The summed E-state index contributed by atoms with van der Waals surface area (Å²) in [5.74, 6) is -0.340. The molecule has 0 bridgehead atoms. The molecule has 1 aliphatic heterocycles. The van der Waals surface area contributed by atoms with Crippen LogP contribution in [0.2, 0.25) is 10.0 Å². The summed E-state index contributed by atoms with van der Waals surface area (Å²) in [5.41, 5.74) is 0.660. The highest BCUT2D eigenvalue weighted by Crippen LogP contribution is 2.31. The highest BCUT2D eigenvalue weighted by molar-refractivity contribution is 6.36.